The molecule has 2 fully saturated rings. The Bertz CT molecular complexity index is 559. The molecule has 6 nitrogen and oxygen atoms in total. The van der Waals surface area contributed by atoms with Crippen LogP contribution in [0.1, 0.15) is 57.3 Å². The lowest BCUT2D eigenvalue weighted by molar-refractivity contribution is 0.189. The van der Waals surface area contributed by atoms with Crippen LogP contribution in [0.3, 0.4) is 0 Å². The molecule has 0 bridgehead atoms. The Morgan fingerprint density at radius 1 is 1.18 bits per heavy atom. The molecule has 2 N–H and O–H groups in total. The lowest BCUT2D eigenvalue weighted by Gasteiger charge is -2.30. The number of nitrogens with one attached hydrogen (secondary N) is 2. The van der Waals surface area contributed by atoms with Gasteiger partial charge in [0, 0.05) is 20.1 Å². The molecule has 3 rings (SSSR count). The molecule has 1 atom stereocenters. The van der Waals surface area contributed by atoms with E-state index in [0.29, 0.717) is 0 Å². The zero-order valence-electron chi connectivity index (χ0n) is 17.8. The molecule has 1 aromatic rings. The average Bonchev–Trinajstić information content (AvgIpc) is 3.42. The van der Waals surface area contributed by atoms with Gasteiger partial charge in [-0.2, -0.15) is 0 Å². The molecule has 3 heterocycles. The maximum atomic E-state index is 5.70. The number of hydrogen-bond acceptors (Lipinski definition) is 4. The van der Waals surface area contributed by atoms with Crippen molar-refractivity contribution >= 4 is 5.96 Å². The van der Waals surface area contributed by atoms with Gasteiger partial charge in [0.15, 0.2) is 5.96 Å². The van der Waals surface area contributed by atoms with Gasteiger partial charge < -0.3 is 20.0 Å². The lowest BCUT2D eigenvalue weighted by atomic mass is 9.99. The second-order valence-electron chi connectivity index (χ2n) is 8.39. The van der Waals surface area contributed by atoms with E-state index in [0.717, 1.165) is 43.8 Å². The van der Waals surface area contributed by atoms with Crippen LogP contribution in [0.2, 0.25) is 0 Å². The Morgan fingerprint density at radius 3 is 2.64 bits per heavy atom. The third-order valence-corrected chi connectivity index (χ3v) is 6.21. The molecular formula is C22H39N5O. The Morgan fingerprint density at radius 2 is 1.96 bits per heavy atom. The molecule has 28 heavy (non-hydrogen) atoms. The summed E-state index contributed by atoms with van der Waals surface area (Å²) in [5.74, 6) is 2.85. The van der Waals surface area contributed by atoms with E-state index >= 15 is 0 Å². The Labute approximate surface area is 170 Å². The minimum atomic E-state index is 0.276. The zero-order valence-corrected chi connectivity index (χ0v) is 17.8. The predicted molar refractivity (Wildman–Crippen MR) is 116 cm³/mol. The van der Waals surface area contributed by atoms with Gasteiger partial charge in [0.1, 0.15) is 5.76 Å². The Kier molecular flexibility index (Phi) is 8.68. The molecule has 2 aliphatic heterocycles. The number of guanidine groups is 1. The van der Waals surface area contributed by atoms with Crippen molar-refractivity contribution in [1.82, 2.24) is 20.4 Å². The summed E-state index contributed by atoms with van der Waals surface area (Å²) in [6, 6.07) is 4.34. The van der Waals surface area contributed by atoms with E-state index in [1.54, 1.807) is 6.26 Å². The van der Waals surface area contributed by atoms with Crippen LogP contribution in [0.4, 0.5) is 0 Å². The van der Waals surface area contributed by atoms with Crippen LogP contribution in [0.15, 0.2) is 27.8 Å². The summed E-state index contributed by atoms with van der Waals surface area (Å²) in [5, 5.41) is 6.98. The van der Waals surface area contributed by atoms with Crippen molar-refractivity contribution in [1.29, 1.82) is 0 Å². The summed E-state index contributed by atoms with van der Waals surface area (Å²) >= 11 is 0. The number of piperidine rings is 1. The summed E-state index contributed by atoms with van der Waals surface area (Å²) in [4.78, 5) is 9.53. The van der Waals surface area contributed by atoms with Gasteiger partial charge in [0.25, 0.3) is 0 Å². The van der Waals surface area contributed by atoms with Crippen LogP contribution in [-0.4, -0.2) is 68.6 Å². The van der Waals surface area contributed by atoms with Crippen molar-refractivity contribution in [2.24, 2.45) is 10.9 Å². The standard InChI is InChI=1S/C22H39N5O/c1-19-9-15-26(16-10-19)12-4-3-11-24-22(23-2)25-18-20(21-8-7-17-28-21)27-13-5-6-14-27/h7-8,17,19-20H,3-6,9-16,18H2,1-2H3,(H2,23,24,25). The van der Waals surface area contributed by atoms with Gasteiger partial charge in [-0.1, -0.05) is 6.92 Å². The van der Waals surface area contributed by atoms with E-state index in [2.05, 4.69) is 38.4 Å². The second-order valence-corrected chi connectivity index (χ2v) is 8.39. The van der Waals surface area contributed by atoms with E-state index < -0.39 is 0 Å². The average molecular weight is 390 g/mol. The molecular weight excluding hydrogens is 350 g/mol. The first-order valence-corrected chi connectivity index (χ1v) is 11.2. The van der Waals surface area contributed by atoms with Gasteiger partial charge in [-0.15, -0.1) is 0 Å². The SMILES string of the molecule is CN=C(NCCCCN1CCC(C)CC1)NCC(c1ccco1)N1CCCC1. The van der Waals surface area contributed by atoms with Gasteiger partial charge >= 0.3 is 0 Å². The smallest absolute Gasteiger partial charge is 0.191 e. The van der Waals surface area contributed by atoms with Crippen LogP contribution in [0.25, 0.3) is 0 Å². The fraction of sp³-hybridized carbons (Fsp3) is 0.773. The van der Waals surface area contributed by atoms with Crippen LogP contribution < -0.4 is 10.6 Å². The highest BCUT2D eigenvalue weighted by atomic mass is 16.3. The van der Waals surface area contributed by atoms with E-state index in [1.165, 1.54) is 58.2 Å². The fourth-order valence-corrected chi connectivity index (χ4v) is 4.31. The summed E-state index contributed by atoms with van der Waals surface area (Å²) in [7, 11) is 1.85. The van der Waals surface area contributed by atoms with Crippen molar-refractivity contribution in [2.75, 3.05) is 52.9 Å². The summed E-state index contributed by atoms with van der Waals surface area (Å²) in [6.45, 7) is 10.3. The topological polar surface area (TPSA) is 56.0 Å². The van der Waals surface area contributed by atoms with Gasteiger partial charge in [0.05, 0.1) is 12.3 Å². The van der Waals surface area contributed by atoms with Crippen molar-refractivity contribution in [3.8, 4) is 0 Å². The van der Waals surface area contributed by atoms with Crippen molar-refractivity contribution in [2.45, 2.75) is 51.5 Å². The first-order valence-electron chi connectivity index (χ1n) is 11.2. The van der Waals surface area contributed by atoms with Crippen LogP contribution in [-0.2, 0) is 0 Å². The number of unbranched alkanes of at least 4 members (excludes halogenated alkanes) is 1. The van der Waals surface area contributed by atoms with Crippen LogP contribution in [0.5, 0.6) is 0 Å². The minimum Gasteiger partial charge on any atom is -0.468 e. The molecule has 2 saturated heterocycles. The molecule has 0 saturated carbocycles. The monoisotopic (exact) mass is 389 g/mol. The maximum Gasteiger partial charge on any atom is 0.191 e. The number of rotatable bonds is 9. The molecule has 0 spiro atoms. The summed E-state index contributed by atoms with van der Waals surface area (Å²) in [6.07, 6.45) is 9.49. The highest BCUT2D eigenvalue weighted by Crippen LogP contribution is 2.24. The van der Waals surface area contributed by atoms with E-state index in [-0.39, 0.29) is 6.04 Å². The molecule has 0 amide bonds. The molecule has 2 aliphatic rings. The maximum absolute atomic E-state index is 5.70. The normalized spacial score (nSPS) is 21.1. The highest BCUT2D eigenvalue weighted by molar-refractivity contribution is 5.79. The van der Waals surface area contributed by atoms with Crippen LogP contribution in [0, 0.1) is 5.92 Å². The molecule has 0 radical (unpaired) electrons. The first kappa shape index (κ1) is 21.2. The van der Waals surface area contributed by atoms with Gasteiger partial charge in [-0.3, -0.25) is 9.89 Å². The number of nitrogens with zero attached hydrogens (tertiary/aromatic N) is 3. The largest absolute Gasteiger partial charge is 0.468 e. The Hall–Kier alpha value is -1.53. The van der Waals surface area contributed by atoms with Gasteiger partial charge in [-0.05, 0) is 89.3 Å². The summed E-state index contributed by atoms with van der Waals surface area (Å²) in [5.41, 5.74) is 0. The van der Waals surface area contributed by atoms with Crippen molar-refractivity contribution in [3.63, 3.8) is 0 Å². The third kappa shape index (κ3) is 6.52. The molecule has 6 heteroatoms. The number of furan rings is 1. The second kappa shape index (κ2) is 11.5. The molecule has 1 aromatic heterocycles. The fourth-order valence-electron chi connectivity index (χ4n) is 4.31. The highest BCUT2D eigenvalue weighted by Gasteiger charge is 2.25. The van der Waals surface area contributed by atoms with E-state index in [4.69, 9.17) is 4.42 Å². The molecule has 0 aliphatic carbocycles. The van der Waals surface area contributed by atoms with Crippen molar-refractivity contribution in [3.05, 3.63) is 24.2 Å². The zero-order chi connectivity index (χ0) is 19.6. The van der Waals surface area contributed by atoms with Crippen LogP contribution >= 0.6 is 0 Å². The lowest BCUT2D eigenvalue weighted by Crippen LogP contribution is -2.43. The van der Waals surface area contributed by atoms with Gasteiger partial charge in [0.2, 0.25) is 0 Å². The molecule has 158 valence electrons. The third-order valence-electron chi connectivity index (χ3n) is 6.21. The quantitative estimate of drug-likeness (QED) is 0.386. The van der Waals surface area contributed by atoms with E-state index in [9.17, 15) is 0 Å². The van der Waals surface area contributed by atoms with Crippen molar-refractivity contribution < 1.29 is 4.42 Å². The van der Waals surface area contributed by atoms with E-state index in [1.807, 2.05) is 13.1 Å². The first-order chi connectivity index (χ1) is 13.8. The number of aliphatic imine (C=N–C) groups is 1. The predicted octanol–water partition coefficient (Wildman–Crippen LogP) is 3.09. The number of hydrogen-bond donors (Lipinski definition) is 2. The summed E-state index contributed by atoms with van der Waals surface area (Å²) < 4.78 is 5.70. The molecule has 0 aromatic carbocycles. The van der Waals surface area contributed by atoms with Gasteiger partial charge in [-0.25, -0.2) is 0 Å². The number of likely N-dealkylation sites (tertiary alicyclic amines) is 2. The minimum absolute atomic E-state index is 0.276. The molecule has 1 unspecified atom stereocenters. The Balaban J connectivity index is 1.34.